The Labute approximate surface area is 91.1 Å². The Balaban J connectivity index is 2.49. The summed E-state index contributed by atoms with van der Waals surface area (Å²) in [5, 5.41) is 16.9. The van der Waals surface area contributed by atoms with Gasteiger partial charge in [0.15, 0.2) is 0 Å². The first kappa shape index (κ1) is 11.2. The van der Waals surface area contributed by atoms with Gasteiger partial charge in [-0.05, 0) is 21.3 Å². The van der Waals surface area contributed by atoms with Crippen molar-refractivity contribution in [3.05, 3.63) is 20.8 Å². The van der Waals surface area contributed by atoms with Crippen LogP contribution >= 0.6 is 27.3 Å². The first-order chi connectivity index (χ1) is 6.11. The van der Waals surface area contributed by atoms with E-state index in [0.29, 0.717) is 12.6 Å². The lowest BCUT2D eigenvalue weighted by atomic mass is 10.2. The lowest BCUT2D eigenvalue weighted by Gasteiger charge is -2.13. The molecule has 1 atom stereocenters. The predicted molar refractivity (Wildman–Crippen MR) is 60.1 cm³/mol. The maximum Gasteiger partial charge on any atom is 0.0933 e. The number of hydrogen-bond donors (Lipinski definition) is 2. The van der Waals surface area contributed by atoms with Gasteiger partial charge in [-0.25, -0.2) is 0 Å². The fourth-order valence-corrected chi connectivity index (χ4v) is 2.59. The van der Waals surface area contributed by atoms with Crippen molar-refractivity contribution in [2.75, 3.05) is 6.54 Å². The smallest absolute Gasteiger partial charge is 0.0933 e. The second-order valence-electron chi connectivity index (χ2n) is 3.25. The van der Waals surface area contributed by atoms with Gasteiger partial charge in [-0.2, -0.15) is 11.3 Å². The van der Waals surface area contributed by atoms with Gasteiger partial charge in [0.2, 0.25) is 0 Å². The minimum absolute atomic E-state index is 0.409. The number of aliphatic hydroxyl groups is 1. The molecule has 1 unspecified atom stereocenters. The summed E-state index contributed by atoms with van der Waals surface area (Å²) in [7, 11) is 0. The molecule has 2 nitrogen and oxygen atoms in total. The Bertz CT molecular complexity index is 262. The van der Waals surface area contributed by atoms with E-state index >= 15 is 0 Å². The molecule has 0 amide bonds. The maximum absolute atomic E-state index is 9.75. The molecule has 0 fully saturated rings. The largest absolute Gasteiger partial charge is 0.387 e. The average Bonchev–Trinajstić information content (AvgIpc) is 2.47. The number of hydrogen-bond acceptors (Lipinski definition) is 3. The molecule has 2 N–H and O–H groups in total. The Morgan fingerprint density at radius 3 is 2.69 bits per heavy atom. The molecule has 0 saturated heterocycles. The number of nitrogens with one attached hydrogen (secondary N) is 1. The molecule has 0 aromatic carbocycles. The van der Waals surface area contributed by atoms with Gasteiger partial charge in [0.25, 0.3) is 0 Å². The van der Waals surface area contributed by atoms with E-state index < -0.39 is 6.10 Å². The van der Waals surface area contributed by atoms with Crippen molar-refractivity contribution in [1.29, 1.82) is 0 Å². The van der Waals surface area contributed by atoms with E-state index in [9.17, 15) is 5.11 Å². The first-order valence-electron chi connectivity index (χ1n) is 4.24. The molecule has 1 heterocycles. The summed E-state index contributed by atoms with van der Waals surface area (Å²) < 4.78 is 0.996. The van der Waals surface area contributed by atoms with Crippen LogP contribution in [0.15, 0.2) is 15.2 Å². The van der Waals surface area contributed by atoms with E-state index in [0.717, 1.165) is 10.0 Å². The van der Waals surface area contributed by atoms with E-state index in [1.807, 2.05) is 10.8 Å². The Hall–Kier alpha value is 0.100. The molecule has 1 aromatic rings. The second kappa shape index (κ2) is 5.10. The molecule has 0 bridgehead atoms. The standard InChI is InChI=1S/C9H14BrNOS/c1-6(2)11-3-9(12)7-4-13-5-8(7)10/h4-6,9,11-12H,3H2,1-2H3. The molecule has 0 spiro atoms. The van der Waals surface area contributed by atoms with Crippen molar-refractivity contribution >= 4 is 27.3 Å². The summed E-state index contributed by atoms with van der Waals surface area (Å²) in [5.74, 6) is 0. The molecular weight excluding hydrogens is 250 g/mol. The summed E-state index contributed by atoms with van der Waals surface area (Å²) >= 11 is 4.99. The minimum Gasteiger partial charge on any atom is -0.387 e. The molecule has 0 aliphatic rings. The van der Waals surface area contributed by atoms with Gasteiger partial charge in [0.1, 0.15) is 0 Å². The Morgan fingerprint density at radius 2 is 2.23 bits per heavy atom. The lowest BCUT2D eigenvalue weighted by molar-refractivity contribution is 0.171. The molecule has 13 heavy (non-hydrogen) atoms. The van der Waals surface area contributed by atoms with E-state index in [4.69, 9.17) is 0 Å². The summed E-state index contributed by atoms with van der Waals surface area (Å²) in [4.78, 5) is 0. The number of halogens is 1. The number of rotatable bonds is 4. The van der Waals surface area contributed by atoms with E-state index in [1.54, 1.807) is 11.3 Å². The van der Waals surface area contributed by atoms with Crippen molar-refractivity contribution in [3.63, 3.8) is 0 Å². The minimum atomic E-state index is -0.414. The van der Waals surface area contributed by atoms with Crippen LogP contribution in [0.4, 0.5) is 0 Å². The van der Waals surface area contributed by atoms with E-state index in [2.05, 4.69) is 35.1 Å². The molecule has 0 radical (unpaired) electrons. The average molecular weight is 264 g/mol. The highest BCUT2D eigenvalue weighted by atomic mass is 79.9. The van der Waals surface area contributed by atoms with Crippen LogP contribution in [-0.4, -0.2) is 17.7 Å². The summed E-state index contributed by atoms with van der Waals surface area (Å²) in [6, 6.07) is 0.409. The topological polar surface area (TPSA) is 32.3 Å². The summed E-state index contributed by atoms with van der Waals surface area (Å²) in [6.07, 6.45) is -0.414. The highest BCUT2D eigenvalue weighted by molar-refractivity contribution is 9.10. The van der Waals surface area contributed by atoms with Gasteiger partial charge in [0.05, 0.1) is 6.10 Å². The molecular formula is C9H14BrNOS. The van der Waals surface area contributed by atoms with E-state index in [-0.39, 0.29) is 0 Å². The van der Waals surface area contributed by atoms with Crippen LogP contribution in [0.25, 0.3) is 0 Å². The van der Waals surface area contributed by atoms with Crippen molar-refractivity contribution in [2.24, 2.45) is 0 Å². The van der Waals surface area contributed by atoms with Crippen molar-refractivity contribution in [1.82, 2.24) is 5.32 Å². The van der Waals surface area contributed by atoms with Crippen LogP contribution in [0.2, 0.25) is 0 Å². The summed E-state index contributed by atoms with van der Waals surface area (Å²) in [6.45, 7) is 4.73. The first-order valence-corrected chi connectivity index (χ1v) is 5.98. The molecule has 1 aromatic heterocycles. The van der Waals surface area contributed by atoms with Gasteiger partial charge < -0.3 is 10.4 Å². The van der Waals surface area contributed by atoms with Crippen LogP contribution < -0.4 is 5.32 Å². The SMILES string of the molecule is CC(C)NCC(O)c1cscc1Br. The monoisotopic (exact) mass is 263 g/mol. The number of aliphatic hydroxyl groups excluding tert-OH is 1. The zero-order valence-corrected chi connectivity index (χ0v) is 10.2. The maximum atomic E-state index is 9.75. The molecule has 0 aliphatic carbocycles. The number of thiophene rings is 1. The van der Waals surface area contributed by atoms with Crippen molar-refractivity contribution in [3.8, 4) is 0 Å². The second-order valence-corrected chi connectivity index (χ2v) is 4.85. The van der Waals surface area contributed by atoms with Gasteiger partial charge in [-0.15, -0.1) is 0 Å². The van der Waals surface area contributed by atoms with Crippen LogP contribution in [0.3, 0.4) is 0 Å². The predicted octanol–water partition coefficient (Wildman–Crippen LogP) is 2.54. The van der Waals surface area contributed by atoms with Gasteiger partial charge >= 0.3 is 0 Å². The van der Waals surface area contributed by atoms with Crippen LogP contribution in [0, 0.1) is 0 Å². The third kappa shape index (κ3) is 3.38. The van der Waals surface area contributed by atoms with Gasteiger partial charge in [-0.3, -0.25) is 0 Å². The molecule has 0 aliphatic heterocycles. The van der Waals surface area contributed by atoms with E-state index in [1.165, 1.54) is 0 Å². The van der Waals surface area contributed by atoms with Gasteiger partial charge in [-0.1, -0.05) is 13.8 Å². The molecule has 4 heteroatoms. The third-order valence-electron chi connectivity index (χ3n) is 1.72. The zero-order valence-electron chi connectivity index (χ0n) is 7.75. The lowest BCUT2D eigenvalue weighted by Crippen LogP contribution is -2.27. The third-order valence-corrected chi connectivity index (χ3v) is 3.47. The van der Waals surface area contributed by atoms with Crippen LogP contribution in [-0.2, 0) is 0 Å². The molecule has 74 valence electrons. The quantitative estimate of drug-likeness (QED) is 0.876. The zero-order chi connectivity index (χ0) is 9.84. The normalized spacial score (nSPS) is 13.6. The Morgan fingerprint density at radius 1 is 1.54 bits per heavy atom. The molecule has 1 rings (SSSR count). The van der Waals surface area contributed by atoms with Crippen LogP contribution in [0.5, 0.6) is 0 Å². The van der Waals surface area contributed by atoms with Crippen LogP contribution in [0.1, 0.15) is 25.5 Å². The highest BCUT2D eigenvalue weighted by Gasteiger charge is 2.11. The summed E-state index contributed by atoms with van der Waals surface area (Å²) in [5.41, 5.74) is 0.971. The van der Waals surface area contributed by atoms with Crippen molar-refractivity contribution < 1.29 is 5.11 Å². The van der Waals surface area contributed by atoms with Gasteiger partial charge in [0, 0.05) is 28.0 Å². The fourth-order valence-electron chi connectivity index (χ4n) is 0.986. The highest BCUT2D eigenvalue weighted by Crippen LogP contribution is 2.26. The Kier molecular flexibility index (Phi) is 4.38. The fraction of sp³-hybridized carbons (Fsp3) is 0.556. The van der Waals surface area contributed by atoms with Crippen molar-refractivity contribution in [2.45, 2.75) is 26.0 Å². The molecule has 0 saturated carbocycles.